The number of ether oxygens (including phenoxy) is 1. The van der Waals surface area contributed by atoms with Gasteiger partial charge in [0.15, 0.2) is 11.5 Å². The summed E-state index contributed by atoms with van der Waals surface area (Å²) in [6.07, 6.45) is 5.73. The Balaban J connectivity index is 2.12. The number of nitrogens with zero attached hydrogens (tertiary/aromatic N) is 2. The number of nitrogens with two attached hydrogens (primary N) is 1. The third-order valence-electron chi connectivity index (χ3n) is 5.11. The molecule has 0 aromatic heterocycles. The van der Waals surface area contributed by atoms with Crippen molar-refractivity contribution in [2.75, 3.05) is 14.2 Å². The summed E-state index contributed by atoms with van der Waals surface area (Å²) in [6, 6.07) is 9.73. The summed E-state index contributed by atoms with van der Waals surface area (Å²) in [5.74, 6) is -0.734. The molecule has 0 radical (unpaired) electrons. The molecule has 0 saturated heterocycles. The van der Waals surface area contributed by atoms with E-state index >= 15 is 0 Å². The van der Waals surface area contributed by atoms with E-state index in [0.29, 0.717) is 6.42 Å². The lowest BCUT2D eigenvalue weighted by Gasteiger charge is -2.40. The van der Waals surface area contributed by atoms with Crippen molar-refractivity contribution < 1.29 is 14.3 Å². The van der Waals surface area contributed by atoms with Gasteiger partial charge in [-0.25, -0.2) is 4.99 Å². The fraction of sp³-hybridized carbons (Fsp3) is 0.316. The molecule has 25 heavy (non-hydrogen) atoms. The molecule has 6 heteroatoms. The van der Waals surface area contributed by atoms with Gasteiger partial charge in [0, 0.05) is 7.05 Å². The van der Waals surface area contributed by atoms with E-state index in [1.54, 1.807) is 26.1 Å². The van der Waals surface area contributed by atoms with Crippen molar-refractivity contribution in [3.8, 4) is 0 Å². The van der Waals surface area contributed by atoms with Crippen molar-refractivity contribution in [1.29, 1.82) is 0 Å². The van der Waals surface area contributed by atoms with Gasteiger partial charge in [0.05, 0.1) is 7.11 Å². The number of carbonyl (C=O) groups excluding carboxylic acids is 2. The SMILES string of the molecule is COC(=O)C1(C2(C)N=C(N)N(C)C2=O)C=CC=C(c2ccccc2)C1. The molecule has 2 unspecified atom stereocenters. The van der Waals surface area contributed by atoms with Crippen molar-refractivity contribution in [3.05, 3.63) is 54.1 Å². The fourth-order valence-corrected chi connectivity index (χ4v) is 3.53. The number of benzene rings is 1. The van der Waals surface area contributed by atoms with E-state index in [9.17, 15) is 9.59 Å². The Morgan fingerprint density at radius 2 is 2.00 bits per heavy atom. The number of guanidine groups is 1. The number of esters is 1. The average Bonchev–Trinajstić information content (AvgIpc) is 2.85. The first-order valence-electron chi connectivity index (χ1n) is 8.01. The van der Waals surface area contributed by atoms with Crippen LogP contribution in [0, 0.1) is 5.41 Å². The van der Waals surface area contributed by atoms with Crippen LogP contribution in [0.25, 0.3) is 5.57 Å². The summed E-state index contributed by atoms with van der Waals surface area (Å²) < 4.78 is 5.08. The minimum atomic E-state index is -1.36. The van der Waals surface area contributed by atoms with Crippen LogP contribution < -0.4 is 5.73 Å². The second kappa shape index (κ2) is 5.88. The zero-order valence-electron chi connectivity index (χ0n) is 14.5. The van der Waals surface area contributed by atoms with Gasteiger partial charge in [0.25, 0.3) is 5.91 Å². The fourth-order valence-electron chi connectivity index (χ4n) is 3.53. The maximum absolute atomic E-state index is 12.9. The van der Waals surface area contributed by atoms with Crippen LogP contribution in [0.2, 0.25) is 0 Å². The van der Waals surface area contributed by atoms with Crippen LogP contribution in [0.5, 0.6) is 0 Å². The van der Waals surface area contributed by atoms with Crippen LogP contribution in [0.4, 0.5) is 0 Å². The number of likely N-dealkylation sites (N-methyl/N-ethyl adjacent to an activating group) is 1. The summed E-state index contributed by atoms with van der Waals surface area (Å²) in [5.41, 5.74) is 5.17. The summed E-state index contributed by atoms with van der Waals surface area (Å²) in [5, 5.41) is 0. The summed E-state index contributed by atoms with van der Waals surface area (Å²) in [7, 11) is 2.87. The van der Waals surface area contributed by atoms with Gasteiger partial charge in [0.2, 0.25) is 0 Å². The molecule has 1 amide bonds. The van der Waals surface area contributed by atoms with Crippen LogP contribution in [0.3, 0.4) is 0 Å². The maximum atomic E-state index is 12.9. The smallest absolute Gasteiger partial charge is 0.319 e. The monoisotopic (exact) mass is 339 g/mol. The molecule has 1 aliphatic carbocycles. The quantitative estimate of drug-likeness (QED) is 0.850. The van der Waals surface area contributed by atoms with Crippen molar-refractivity contribution in [1.82, 2.24) is 4.90 Å². The van der Waals surface area contributed by atoms with E-state index in [0.717, 1.165) is 11.1 Å². The van der Waals surface area contributed by atoms with Crippen LogP contribution in [0.1, 0.15) is 18.9 Å². The van der Waals surface area contributed by atoms with E-state index < -0.39 is 16.9 Å². The van der Waals surface area contributed by atoms with Gasteiger partial charge in [-0.05, 0) is 24.5 Å². The third kappa shape index (κ3) is 2.36. The largest absolute Gasteiger partial charge is 0.468 e. The lowest BCUT2D eigenvalue weighted by molar-refractivity contribution is -0.157. The highest BCUT2D eigenvalue weighted by Crippen LogP contribution is 2.49. The lowest BCUT2D eigenvalue weighted by Crippen LogP contribution is -2.55. The van der Waals surface area contributed by atoms with Gasteiger partial charge >= 0.3 is 5.97 Å². The zero-order valence-corrected chi connectivity index (χ0v) is 14.5. The van der Waals surface area contributed by atoms with Crippen LogP contribution in [0.15, 0.2) is 53.6 Å². The topological polar surface area (TPSA) is 85.0 Å². The summed E-state index contributed by atoms with van der Waals surface area (Å²) >= 11 is 0. The summed E-state index contributed by atoms with van der Waals surface area (Å²) in [6.45, 7) is 1.64. The number of hydrogen-bond donors (Lipinski definition) is 1. The number of allylic oxidation sites excluding steroid dienone is 3. The van der Waals surface area contributed by atoms with E-state index in [4.69, 9.17) is 10.5 Å². The maximum Gasteiger partial charge on any atom is 0.319 e. The minimum absolute atomic E-state index is 0.0972. The highest BCUT2D eigenvalue weighted by Gasteiger charge is 2.62. The first-order chi connectivity index (χ1) is 11.9. The lowest BCUT2D eigenvalue weighted by atomic mass is 9.64. The minimum Gasteiger partial charge on any atom is -0.468 e. The highest BCUT2D eigenvalue weighted by molar-refractivity contribution is 6.10. The number of aliphatic imine (C=N–C) groups is 1. The second-order valence-corrected chi connectivity index (χ2v) is 6.46. The Kier molecular flexibility index (Phi) is 3.99. The molecule has 1 aromatic rings. The van der Waals surface area contributed by atoms with Gasteiger partial charge in [-0.15, -0.1) is 0 Å². The van der Waals surface area contributed by atoms with Crippen LogP contribution in [-0.2, 0) is 14.3 Å². The number of amides is 1. The Labute approximate surface area is 146 Å². The molecule has 2 N–H and O–H groups in total. The van der Waals surface area contributed by atoms with Crippen LogP contribution >= 0.6 is 0 Å². The molecule has 1 aliphatic heterocycles. The Morgan fingerprint density at radius 3 is 2.56 bits per heavy atom. The van der Waals surface area contributed by atoms with Crippen molar-refractivity contribution in [2.24, 2.45) is 16.1 Å². The average molecular weight is 339 g/mol. The molecule has 6 nitrogen and oxygen atoms in total. The number of methoxy groups -OCH3 is 1. The molecule has 0 saturated carbocycles. The third-order valence-corrected chi connectivity index (χ3v) is 5.11. The van der Waals surface area contributed by atoms with Crippen molar-refractivity contribution >= 4 is 23.4 Å². The molecule has 1 aromatic carbocycles. The molecule has 3 rings (SSSR count). The first kappa shape index (κ1) is 17.0. The van der Waals surface area contributed by atoms with E-state index in [2.05, 4.69) is 4.99 Å². The molecule has 130 valence electrons. The molecule has 2 aliphatic rings. The van der Waals surface area contributed by atoms with Gasteiger partial charge in [-0.2, -0.15) is 0 Å². The van der Waals surface area contributed by atoms with E-state index in [1.165, 1.54) is 12.0 Å². The van der Waals surface area contributed by atoms with Gasteiger partial charge in [0.1, 0.15) is 5.41 Å². The molecule has 1 heterocycles. The Morgan fingerprint density at radius 1 is 1.32 bits per heavy atom. The van der Waals surface area contributed by atoms with Crippen LogP contribution in [-0.4, -0.2) is 42.4 Å². The first-order valence-corrected chi connectivity index (χ1v) is 8.01. The zero-order chi connectivity index (χ0) is 18.2. The van der Waals surface area contributed by atoms with Gasteiger partial charge < -0.3 is 10.5 Å². The van der Waals surface area contributed by atoms with Crippen molar-refractivity contribution in [3.63, 3.8) is 0 Å². The van der Waals surface area contributed by atoms with Gasteiger partial charge in [-0.3, -0.25) is 14.5 Å². The summed E-state index contributed by atoms with van der Waals surface area (Å²) in [4.78, 5) is 31.4. The number of rotatable bonds is 3. The van der Waals surface area contributed by atoms with E-state index in [-0.39, 0.29) is 11.9 Å². The predicted octanol–water partition coefficient (Wildman–Crippen LogP) is 1.73. The van der Waals surface area contributed by atoms with E-state index in [1.807, 2.05) is 36.4 Å². The number of carbonyl (C=O) groups is 2. The highest BCUT2D eigenvalue weighted by atomic mass is 16.5. The molecule has 2 atom stereocenters. The molecular weight excluding hydrogens is 318 g/mol. The molecule has 0 spiro atoms. The molecular formula is C19H21N3O3. The standard InChI is InChI=1S/C19H21N3O3/c1-18(15(23)22(2)17(20)21-18)19(16(24)25-3)11-7-10-14(12-19)13-8-5-4-6-9-13/h4-11H,12H2,1-3H3,(H2,20,21). The Hall–Kier alpha value is -2.89. The van der Waals surface area contributed by atoms with Gasteiger partial charge in [-0.1, -0.05) is 48.6 Å². The molecule has 0 bridgehead atoms. The normalized spacial score (nSPS) is 28.6. The molecule has 0 fully saturated rings. The number of hydrogen-bond acceptors (Lipinski definition) is 5. The second-order valence-electron chi connectivity index (χ2n) is 6.46. The predicted molar refractivity (Wildman–Crippen MR) is 95.4 cm³/mol. The van der Waals surface area contributed by atoms with Crippen molar-refractivity contribution in [2.45, 2.75) is 18.9 Å². The Bertz CT molecular complexity index is 812.